The van der Waals surface area contributed by atoms with Gasteiger partial charge in [0.15, 0.2) is 0 Å². The quantitative estimate of drug-likeness (QED) is 0.844. The Balaban J connectivity index is 1.69. The molecule has 3 aliphatic rings. The smallest absolute Gasteiger partial charge is 0.0629 e. The molecule has 3 heteroatoms. The first-order valence-electron chi connectivity index (χ1n) is 9.13. The molecular weight excluding hydrogens is 258 g/mol. The summed E-state index contributed by atoms with van der Waals surface area (Å²) >= 11 is 0. The number of hydrogen-bond donors (Lipinski definition) is 1. The van der Waals surface area contributed by atoms with Crippen molar-refractivity contribution in [1.82, 2.24) is 15.1 Å². The Kier molecular flexibility index (Phi) is 4.63. The summed E-state index contributed by atoms with van der Waals surface area (Å²) in [6, 6.07) is 0.762. The summed E-state index contributed by atoms with van der Waals surface area (Å²) in [5, 5.41) is 3.85. The van der Waals surface area contributed by atoms with Crippen LogP contribution in [0.4, 0.5) is 0 Å². The summed E-state index contributed by atoms with van der Waals surface area (Å²) < 4.78 is 0. The van der Waals surface area contributed by atoms with E-state index in [9.17, 15) is 0 Å². The lowest BCUT2D eigenvalue weighted by molar-refractivity contribution is 0.0530. The lowest BCUT2D eigenvalue weighted by Crippen LogP contribution is -2.53. The molecule has 3 nitrogen and oxygen atoms in total. The molecule has 3 saturated heterocycles. The van der Waals surface area contributed by atoms with Gasteiger partial charge in [0.05, 0.1) is 6.17 Å². The second-order valence-electron chi connectivity index (χ2n) is 8.86. The minimum Gasteiger partial charge on any atom is -0.306 e. The minimum atomic E-state index is 0.407. The molecule has 0 spiro atoms. The van der Waals surface area contributed by atoms with E-state index in [0.717, 1.165) is 17.9 Å². The van der Waals surface area contributed by atoms with E-state index in [1.165, 1.54) is 58.3 Å². The topological polar surface area (TPSA) is 18.5 Å². The van der Waals surface area contributed by atoms with Crippen LogP contribution in [0.25, 0.3) is 0 Å². The first-order chi connectivity index (χ1) is 9.95. The number of fused-ring (bicyclic) bond motifs is 1. The fourth-order valence-corrected chi connectivity index (χ4v) is 4.82. The summed E-state index contributed by atoms with van der Waals surface area (Å²) in [6.07, 6.45) is 7.67. The summed E-state index contributed by atoms with van der Waals surface area (Å²) in [5.74, 6) is 1.81. The zero-order chi connectivity index (χ0) is 15.0. The molecule has 21 heavy (non-hydrogen) atoms. The van der Waals surface area contributed by atoms with Crippen LogP contribution < -0.4 is 5.32 Å². The van der Waals surface area contributed by atoms with E-state index >= 15 is 0 Å². The highest BCUT2D eigenvalue weighted by Gasteiger charge is 2.46. The van der Waals surface area contributed by atoms with Crippen molar-refractivity contribution in [1.29, 1.82) is 0 Å². The normalized spacial score (nSPS) is 36.9. The van der Waals surface area contributed by atoms with E-state index in [0.29, 0.717) is 11.6 Å². The molecule has 0 aliphatic carbocycles. The van der Waals surface area contributed by atoms with Gasteiger partial charge >= 0.3 is 0 Å². The fourth-order valence-electron chi connectivity index (χ4n) is 4.82. The monoisotopic (exact) mass is 293 g/mol. The number of piperidine rings is 2. The maximum atomic E-state index is 3.85. The van der Waals surface area contributed by atoms with E-state index in [2.05, 4.69) is 42.9 Å². The third-order valence-electron chi connectivity index (χ3n) is 6.14. The van der Waals surface area contributed by atoms with Crippen molar-refractivity contribution in [3.8, 4) is 0 Å². The molecule has 122 valence electrons. The van der Waals surface area contributed by atoms with Crippen LogP contribution in [0.1, 0.15) is 52.9 Å². The highest BCUT2D eigenvalue weighted by Crippen LogP contribution is 2.42. The van der Waals surface area contributed by atoms with Crippen LogP contribution >= 0.6 is 0 Å². The Labute approximate surface area is 131 Å². The van der Waals surface area contributed by atoms with Gasteiger partial charge in [0.1, 0.15) is 0 Å². The predicted molar refractivity (Wildman–Crippen MR) is 89.3 cm³/mol. The predicted octanol–water partition coefficient (Wildman–Crippen LogP) is 2.77. The average Bonchev–Trinajstić information content (AvgIpc) is 2.81. The van der Waals surface area contributed by atoms with Gasteiger partial charge in [-0.25, -0.2) is 0 Å². The first kappa shape index (κ1) is 15.8. The van der Waals surface area contributed by atoms with Gasteiger partial charge in [-0.1, -0.05) is 20.8 Å². The van der Waals surface area contributed by atoms with E-state index in [1.54, 1.807) is 0 Å². The Morgan fingerprint density at radius 2 is 1.81 bits per heavy atom. The van der Waals surface area contributed by atoms with Crippen LogP contribution in [0, 0.1) is 17.3 Å². The van der Waals surface area contributed by atoms with Crippen LogP contribution in [-0.2, 0) is 0 Å². The van der Waals surface area contributed by atoms with Crippen LogP contribution in [0.3, 0.4) is 0 Å². The van der Waals surface area contributed by atoms with Crippen LogP contribution in [0.15, 0.2) is 0 Å². The van der Waals surface area contributed by atoms with Gasteiger partial charge in [0.25, 0.3) is 0 Å². The lowest BCUT2D eigenvalue weighted by atomic mass is 9.82. The molecule has 0 bridgehead atoms. The molecule has 0 amide bonds. The standard InChI is InChI=1S/C18H35N3/c1-18(2,3)16-12-15-6-5-9-19-17(15)21(16)13-14-7-10-20(4)11-8-14/h14-17,19H,5-13H2,1-4H3. The molecule has 0 aromatic carbocycles. The van der Waals surface area contributed by atoms with Gasteiger partial charge in [-0.05, 0) is 76.0 Å². The van der Waals surface area contributed by atoms with Crippen molar-refractivity contribution in [2.24, 2.45) is 17.3 Å². The molecule has 3 fully saturated rings. The third-order valence-corrected chi connectivity index (χ3v) is 6.14. The number of nitrogens with zero attached hydrogens (tertiary/aromatic N) is 2. The van der Waals surface area contributed by atoms with E-state index < -0.39 is 0 Å². The summed E-state index contributed by atoms with van der Waals surface area (Å²) in [4.78, 5) is 5.36. The molecule has 0 radical (unpaired) electrons. The van der Waals surface area contributed by atoms with Crippen LogP contribution in [-0.4, -0.2) is 55.2 Å². The number of nitrogens with one attached hydrogen (secondary N) is 1. The maximum Gasteiger partial charge on any atom is 0.0629 e. The molecule has 3 rings (SSSR count). The van der Waals surface area contributed by atoms with Crippen molar-refractivity contribution >= 4 is 0 Å². The van der Waals surface area contributed by atoms with Crippen LogP contribution in [0.5, 0.6) is 0 Å². The number of hydrogen-bond acceptors (Lipinski definition) is 3. The van der Waals surface area contributed by atoms with Gasteiger partial charge in [0.2, 0.25) is 0 Å². The fraction of sp³-hybridized carbons (Fsp3) is 1.00. The number of rotatable bonds is 2. The van der Waals surface area contributed by atoms with Crippen molar-refractivity contribution in [3.63, 3.8) is 0 Å². The van der Waals surface area contributed by atoms with Crippen molar-refractivity contribution in [3.05, 3.63) is 0 Å². The SMILES string of the molecule is CN1CCC(CN2C3NCCCC3CC2C(C)(C)C)CC1. The van der Waals surface area contributed by atoms with Gasteiger partial charge in [-0.3, -0.25) is 4.90 Å². The summed E-state index contributed by atoms with van der Waals surface area (Å²) in [5.41, 5.74) is 0.407. The highest BCUT2D eigenvalue weighted by atomic mass is 15.3. The molecule has 1 N–H and O–H groups in total. The Bertz CT molecular complexity index is 341. The molecule has 3 aliphatic heterocycles. The van der Waals surface area contributed by atoms with Crippen molar-refractivity contribution in [2.75, 3.05) is 33.2 Å². The zero-order valence-corrected chi connectivity index (χ0v) is 14.6. The van der Waals surface area contributed by atoms with Crippen molar-refractivity contribution < 1.29 is 0 Å². The maximum absolute atomic E-state index is 3.85. The highest BCUT2D eigenvalue weighted by molar-refractivity contribution is 4.99. The molecule has 0 saturated carbocycles. The second-order valence-corrected chi connectivity index (χ2v) is 8.86. The largest absolute Gasteiger partial charge is 0.306 e. The zero-order valence-electron chi connectivity index (χ0n) is 14.6. The van der Waals surface area contributed by atoms with Gasteiger partial charge in [0, 0.05) is 12.6 Å². The second kappa shape index (κ2) is 6.17. The van der Waals surface area contributed by atoms with Crippen LogP contribution in [0.2, 0.25) is 0 Å². The third kappa shape index (κ3) is 3.46. The van der Waals surface area contributed by atoms with E-state index in [4.69, 9.17) is 0 Å². The molecule has 0 aromatic heterocycles. The Hall–Kier alpha value is -0.120. The summed E-state index contributed by atoms with van der Waals surface area (Å²) in [6.45, 7) is 12.5. The Morgan fingerprint density at radius 1 is 1.10 bits per heavy atom. The first-order valence-corrected chi connectivity index (χ1v) is 9.13. The van der Waals surface area contributed by atoms with Gasteiger partial charge in [-0.15, -0.1) is 0 Å². The molecular formula is C18H35N3. The Morgan fingerprint density at radius 3 is 2.48 bits per heavy atom. The molecule has 3 atom stereocenters. The molecule has 3 unspecified atom stereocenters. The number of likely N-dealkylation sites (tertiary alicyclic amines) is 2. The molecule has 3 heterocycles. The van der Waals surface area contributed by atoms with Gasteiger partial charge < -0.3 is 10.2 Å². The van der Waals surface area contributed by atoms with Gasteiger partial charge in [-0.2, -0.15) is 0 Å². The minimum absolute atomic E-state index is 0.407. The van der Waals surface area contributed by atoms with E-state index in [-0.39, 0.29) is 0 Å². The molecule has 0 aromatic rings. The lowest BCUT2D eigenvalue weighted by Gasteiger charge is -2.42. The van der Waals surface area contributed by atoms with E-state index in [1.807, 2.05) is 0 Å². The summed E-state index contributed by atoms with van der Waals surface area (Å²) in [7, 11) is 2.27. The average molecular weight is 293 g/mol. The van der Waals surface area contributed by atoms with Crippen molar-refractivity contribution in [2.45, 2.75) is 65.1 Å².